The predicted octanol–water partition coefficient (Wildman–Crippen LogP) is 2.71. The average molecular weight is 306 g/mol. The van der Waals surface area contributed by atoms with Crippen LogP contribution in [0.1, 0.15) is 12.1 Å². The summed E-state index contributed by atoms with van der Waals surface area (Å²) < 4.78 is 0. The highest BCUT2D eigenvalue weighted by atomic mass is 15.3. The van der Waals surface area contributed by atoms with Gasteiger partial charge in [0.1, 0.15) is 0 Å². The highest BCUT2D eigenvalue weighted by Crippen LogP contribution is 2.28. The van der Waals surface area contributed by atoms with Crippen LogP contribution < -0.4 is 10.2 Å². The van der Waals surface area contributed by atoms with Crippen molar-refractivity contribution in [2.45, 2.75) is 12.8 Å². The van der Waals surface area contributed by atoms with Gasteiger partial charge in [0.05, 0.1) is 5.69 Å². The molecule has 0 bridgehead atoms. The van der Waals surface area contributed by atoms with E-state index in [0.29, 0.717) is 5.92 Å². The molecule has 0 spiro atoms. The normalized spacial score (nSPS) is 21.0. The van der Waals surface area contributed by atoms with E-state index in [-0.39, 0.29) is 0 Å². The van der Waals surface area contributed by atoms with Crippen LogP contribution in [0, 0.1) is 5.92 Å². The van der Waals surface area contributed by atoms with Crippen molar-refractivity contribution >= 4 is 16.6 Å². The Bertz CT molecular complexity index is 744. The molecule has 1 atom stereocenters. The second kappa shape index (κ2) is 6.50. The summed E-state index contributed by atoms with van der Waals surface area (Å²) in [5.74, 6) is 1.56. The number of nitrogens with one attached hydrogen (secondary N) is 1. The lowest BCUT2D eigenvalue weighted by atomic mass is 9.94. The monoisotopic (exact) mass is 306 g/mol. The van der Waals surface area contributed by atoms with Gasteiger partial charge in [-0.15, -0.1) is 5.10 Å². The molecule has 0 saturated carbocycles. The van der Waals surface area contributed by atoms with E-state index in [4.69, 9.17) is 0 Å². The van der Waals surface area contributed by atoms with E-state index in [1.165, 1.54) is 10.8 Å². The minimum atomic E-state index is 0.530. The lowest BCUT2D eigenvalue weighted by Crippen LogP contribution is -2.44. The van der Waals surface area contributed by atoms with Gasteiger partial charge in [0.25, 0.3) is 0 Å². The topological polar surface area (TPSA) is 41.1 Å². The molecule has 1 aromatic carbocycles. The Morgan fingerprint density at radius 1 is 1.04 bits per heavy atom. The molecule has 2 aromatic rings. The van der Waals surface area contributed by atoms with Gasteiger partial charge in [-0.3, -0.25) is 0 Å². The number of benzene rings is 1. The highest BCUT2D eigenvalue weighted by molar-refractivity contribution is 5.93. The van der Waals surface area contributed by atoms with Gasteiger partial charge in [-0.1, -0.05) is 48.6 Å². The van der Waals surface area contributed by atoms with Crippen LogP contribution in [0.4, 0.5) is 5.82 Å². The minimum absolute atomic E-state index is 0.530. The summed E-state index contributed by atoms with van der Waals surface area (Å²) in [5, 5.41) is 15.1. The summed E-state index contributed by atoms with van der Waals surface area (Å²) in [5.41, 5.74) is 1.12. The Labute approximate surface area is 136 Å². The molecule has 0 radical (unpaired) electrons. The molecule has 4 nitrogen and oxygen atoms in total. The molecule has 1 unspecified atom stereocenters. The largest absolute Gasteiger partial charge is 0.352 e. The molecule has 1 aliphatic carbocycles. The Morgan fingerprint density at radius 2 is 1.87 bits per heavy atom. The molecule has 2 heterocycles. The van der Waals surface area contributed by atoms with E-state index in [2.05, 4.69) is 69.0 Å². The smallest absolute Gasteiger partial charge is 0.159 e. The number of aromatic nitrogens is 2. The first-order valence-corrected chi connectivity index (χ1v) is 8.45. The molecule has 2 aliphatic rings. The molecule has 1 aliphatic heterocycles. The van der Waals surface area contributed by atoms with Gasteiger partial charge >= 0.3 is 0 Å². The van der Waals surface area contributed by atoms with E-state index < -0.39 is 0 Å². The number of hydrogen-bond donors (Lipinski definition) is 1. The van der Waals surface area contributed by atoms with Gasteiger partial charge in [-0.2, -0.15) is 5.10 Å². The van der Waals surface area contributed by atoms with Crippen LogP contribution >= 0.6 is 0 Å². The standard InChI is InChI=1S/C19H22N4/c1-2-6-15(7-3-1)14-18-16-8-4-5-9-17(16)19(22-21-18)23-12-10-20-11-13-23/h1-6,8-9,15,20H,7,10-14H2. The number of nitrogens with zero attached hydrogens (tertiary/aromatic N) is 3. The van der Waals surface area contributed by atoms with Crippen LogP contribution in [0.3, 0.4) is 0 Å². The zero-order valence-electron chi connectivity index (χ0n) is 13.3. The van der Waals surface area contributed by atoms with Crippen molar-refractivity contribution in [3.63, 3.8) is 0 Å². The van der Waals surface area contributed by atoms with Crippen LogP contribution in [-0.4, -0.2) is 36.4 Å². The Kier molecular flexibility index (Phi) is 4.07. The second-order valence-corrected chi connectivity index (χ2v) is 6.27. The summed E-state index contributed by atoms with van der Waals surface area (Å²) >= 11 is 0. The van der Waals surface area contributed by atoms with E-state index >= 15 is 0 Å². The fourth-order valence-electron chi connectivity index (χ4n) is 3.44. The van der Waals surface area contributed by atoms with Gasteiger partial charge < -0.3 is 10.2 Å². The fourth-order valence-corrected chi connectivity index (χ4v) is 3.44. The molecule has 1 fully saturated rings. The van der Waals surface area contributed by atoms with E-state index in [9.17, 15) is 0 Å². The first kappa shape index (κ1) is 14.4. The van der Waals surface area contributed by atoms with E-state index in [1.807, 2.05) is 0 Å². The lowest BCUT2D eigenvalue weighted by molar-refractivity contribution is 0.582. The Hall–Kier alpha value is -2.20. The zero-order chi connectivity index (χ0) is 15.5. The third-order valence-electron chi connectivity index (χ3n) is 4.69. The first-order chi connectivity index (χ1) is 11.4. The lowest BCUT2D eigenvalue weighted by Gasteiger charge is -2.29. The van der Waals surface area contributed by atoms with Crippen molar-refractivity contribution in [2.75, 3.05) is 31.1 Å². The Balaban J connectivity index is 1.70. The number of piperazine rings is 1. The van der Waals surface area contributed by atoms with Crippen molar-refractivity contribution in [3.8, 4) is 0 Å². The van der Waals surface area contributed by atoms with Crippen LogP contribution in [-0.2, 0) is 6.42 Å². The van der Waals surface area contributed by atoms with Gasteiger partial charge in [-0.05, 0) is 18.8 Å². The maximum atomic E-state index is 4.61. The summed E-state index contributed by atoms with van der Waals surface area (Å²) in [6.45, 7) is 4.01. The van der Waals surface area contributed by atoms with Gasteiger partial charge in [-0.25, -0.2) is 0 Å². The molecule has 23 heavy (non-hydrogen) atoms. The van der Waals surface area contributed by atoms with Crippen molar-refractivity contribution < 1.29 is 0 Å². The van der Waals surface area contributed by atoms with Crippen LogP contribution in [0.25, 0.3) is 10.8 Å². The number of rotatable bonds is 3. The molecule has 1 N–H and O–H groups in total. The van der Waals surface area contributed by atoms with Crippen LogP contribution in [0.15, 0.2) is 48.6 Å². The van der Waals surface area contributed by atoms with Crippen LogP contribution in [0.2, 0.25) is 0 Å². The van der Waals surface area contributed by atoms with E-state index in [1.54, 1.807) is 0 Å². The SMILES string of the molecule is C1=CCC(Cc2nnc(N3CCNCC3)c3ccccc23)C=C1. The molecule has 1 aromatic heterocycles. The van der Waals surface area contributed by atoms with Crippen molar-refractivity contribution in [1.82, 2.24) is 15.5 Å². The average Bonchev–Trinajstić information content (AvgIpc) is 2.64. The molecule has 118 valence electrons. The number of hydrogen-bond acceptors (Lipinski definition) is 4. The maximum Gasteiger partial charge on any atom is 0.159 e. The van der Waals surface area contributed by atoms with Gasteiger partial charge in [0.2, 0.25) is 0 Å². The summed E-state index contributed by atoms with van der Waals surface area (Å²) in [6.07, 6.45) is 10.8. The molecule has 0 amide bonds. The molecule has 4 heteroatoms. The summed E-state index contributed by atoms with van der Waals surface area (Å²) in [7, 11) is 0. The predicted molar refractivity (Wildman–Crippen MR) is 94.7 cm³/mol. The van der Waals surface area contributed by atoms with Crippen molar-refractivity contribution in [1.29, 1.82) is 0 Å². The Morgan fingerprint density at radius 3 is 2.65 bits per heavy atom. The third kappa shape index (κ3) is 2.99. The molecule has 1 saturated heterocycles. The number of fused-ring (bicyclic) bond motifs is 1. The fraction of sp³-hybridized carbons (Fsp3) is 0.368. The van der Waals surface area contributed by atoms with Crippen molar-refractivity contribution in [3.05, 3.63) is 54.3 Å². The summed E-state index contributed by atoms with van der Waals surface area (Å²) in [6, 6.07) is 8.57. The second-order valence-electron chi connectivity index (χ2n) is 6.27. The molecular weight excluding hydrogens is 284 g/mol. The molecule has 4 rings (SSSR count). The van der Waals surface area contributed by atoms with Crippen molar-refractivity contribution in [2.24, 2.45) is 5.92 Å². The maximum absolute atomic E-state index is 4.61. The first-order valence-electron chi connectivity index (χ1n) is 8.45. The van der Waals surface area contributed by atoms with Crippen LogP contribution in [0.5, 0.6) is 0 Å². The van der Waals surface area contributed by atoms with E-state index in [0.717, 1.165) is 50.5 Å². The molecular formula is C19H22N4. The third-order valence-corrected chi connectivity index (χ3v) is 4.69. The number of allylic oxidation sites excluding steroid dienone is 4. The zero-order valence-corrected chi connectivity index (χ0v) is 13.3. The van der Waals surface area contributed by atoms with Gasteiger partial charge in [0.15, 0.2) is 5.82 Å². The highest BCUT2D eigenvalue weighted by Gasteiger charge is 2.18. The minimum Gasteiger partial charge on any atom is -0.352 e. The quantitative estimate of drug-likeness (QED) is 0.946. The van der Waals surface area contributed by atoms with Gasteiger partial charge in [0, 0.05) is 37.0 Å². The summed E-state index contributed by atoms with van der Waals surface area (Å²) in [4.78, 5) is 2.35. The number of anilines is 1.